The third-order valence-corrected chi connectivity index (χ3v) is 3.89. The molecule has 1 amide bonds. The van der Waals surface area contributed by atoms with E-state index in [1.165, 1.54) is 7.11 Å². The molecule has 1 aromatic heterocycles. The van der Waals surface area contributed by atoms with Gasteiger partial charge in [0.2, 0.25) is 0 Å². The molecule has 1 N–H and O–H groups in total. The van der Waals surface area contributed by atoms with E-state index in [0.717, 1.165) is 31.7 Å². The van der Waals surface area contributed by atoms with Gasteiger partial charge in [0.1, 0.15) is 0 Å². The highest BCUT2D eigenvalue weighted by Gasteiger charge is 2.17. The van der Waals surface area contributed by atoms with Crippen LogP contribution in [0.2, 0.25) is 0 Å². The highest BCUT2D eigenvalue weighted by atomic mass is 16.5. The number of ether oxygens (including phenoxy) is 1. The number of esters is 1. The quantitative estimate of drug-likeness (QED) is 0.866. The Hall–Kier alpha value is -2.96. The molecule has 3 rings (SSSR count). The predicted octanol–water partition coefficient (Wildman–Crippen LogP) is 2.12. The van der Waals surface area contributed by atoms with E-state index in [0.29, 0.717) is 5.69 Å². The van der Waals surface area contributed by atoms with Gasteiger partial charge in [-0.05, 0) is 37.1 Å². The van der Waals surface area contributed by atoms with Crippen LogP contribution in [0, 0.1) is 0 Å². The van der Waals surface area contributed by atoms with Crippen molar-refractivity contribution >= 4 is 23.4 Å². The van der Waals surface area contributed by atoms with E-state index in [4.69, 9.17) is 4.74 Å². The van der Waals surface area contributed by atoms with Gasteiger partial charge in [0.25, 0.3) is 5.91 Å². The molecule has 0 saturated carbocycles. The van der Waals surface area contributed by atoms with E-state index in [-0.39, 0.29) is 11.3 Å². The number of nitrogens with zero attached hydrogens (tertiary/aromatic N) is 3. The molecule has 0 spiro atoms. The van der Waals surface area contributed by atoms with Crippen LogP contribution in [0.3, 0.4) is 0 Å². The fourth-order valence-electron chi connectivity index (χ4n) is 2.63. The number of benzene rings is 1. The minimum Gasteiger partial charge on any atom is -0.465 e. The van der Waals surface area contributed by atoms with Gasteiger partial charge in [-0.15, -0.1) is 10.2 Å². The molecule has 0 radical (unpaired) electrons. The lowest BCUT2D eigenvalue weighted by molar-refractivity contribution is 0.0602. The van der Waals surface area contributed by atoms with Gasteiger partial charge in [-0.1, -0.05) is 12.1 Å². The van der Waals surface area contributed by atoms with Crippen molar-refractivity contribution in [1.82, 2.24) is 10.2 Å². The first-order chi connectivity index (χ1) is 11.7. The van der Waals surface area contributed by atoms with Gasteiger partial charge in [0.15, 0.2) is 11.5 Å². The number of hydrogen-bond acceptors (Lipinski definition) is 6. The molecule has 1 aliphatic heterocycles. The number of aromatic nitrogens is 2. The Morgan fingerprint density at radius 1 is 1.08 bits per heavy atom. The predicted molar refractivity (Wildman–Crippen MR) is 89.2 cm³/mol. The molecule has 0 aliphatic carbocycles. The molecule has 0 bridgehead atoms. The van der Waals surface area contributed by atoms with Crippen LogP contribution in [-0.2, 0) is 4.74 Å². The number of carbonyl (C=O) groups excluding carboxylic acids is 2. The van der Waals surface area contributed by atoms with Crippen molar-refractivity contribution in [2.45, 2.75) is 12.8 Å². The summed E-state index contributed by atoms with van der Waals surface area (Å²) >= 11 is 0. The molecule has 1 fully saturated rings. The Labute approximate surface area is 139 Å². The Morgan fingerprint density at radius 3 is 2.50 bits per heavy atom. The summed E-state index contributed by atoms with van der Waals surface area (Å²) in [7, 11) is 1.30. The van der Waals surface area contributed by atoms with Crippen molar-refractivity contribution < 1.29 is 14.3 Å². The summed E-state index contributed by atoms with van der Waals surface area (Å²) in [6, 6.07) is 10.1. The lowest BCUT2D eigenvalue weighted by atomic mass is 10.1. The molecular formula is C17H18N4O3. The van der Waals surface area contributed by atoms with Crippen LogP contribution in [-0.4, -0.2) is 42.3 Å². The number of rotatable bonds is 4. The third-order valence-electron chi connectivity index (χ3n) is 3.89. The van der Waals surface area contributed by atoms with Crippen molar-refractivity contribution in [3.63, 3.8) is 0 Å². The zero-order valence-corrected chi connectivity index (χ0v) is 13.4. The second kappa shape index (κ2) is 7.08. The zero-order valence-electron chi connectivity index (χ0n) is 13.4. The fraction of sp³-hybridized carbons (Fsp3) is 0.294. The van der Waals surface area contributed by atoms with Crippen LogP contribution < -0.4 is 10.2 Å². The van der Waals surface area contributed by atoms with Crippen LogP contribution in [0.15, 0.2) is 36.4 Å². The number of methoxy groups -OCH3 is 1. The number of para-hydroxylation sites is 1. The zero-order chi connectivity index (χ0) is 16.9. The van der Waals surface area contributed by atoms with Gasteiger partial charge >= 0.3 is 5.97 Å². The monoisotopic (exact) mass is 326 g/mol. The average Bonchev–Trinajstić information content (AvgIpc) is 3.16. The first-order valence-corrected chi connectivity index (χ1v) is 7.76. The molecule has 1 aliphatic rings. The van der Waals surface area contributed by atoms with Gasteiger partial charge in [0.05, 0.1) is 18.4 Å². The van der Waals surface area contributed by atoms with E-state index in [9.17, 15) is 9.59 Å². The molecular weight excluding hydrogens is 308 g/mol. The number of hydrogen-bond donors (Lipinski definition) is 1. The fourth-order valence-corrected chi connectivity index (χ4v) is 2.63. The van der Waals surface area contributed by atoms with Gasteiger partial charge in [-0.25, -0.2) is 4.79 Å². The molecule has 7 heteroatoms. The Balaban J connectivity index is 1.74. The van der Waals surface area contributed by atoms with Crippen LogP contribution in [0.25, 0.3) is 0 Å². The number of carbonyl (C=O) groups is 2. The second-order valence-corrected chi connectivity index (χ2v) is 5.46. The van der Waals surface area contributed by atoms with Crippen molar-refractivity contribution in [3.05, 3.63) is 47.7 Å². The normalized spacial score (nSPS) is 13.6. The second-order valence-electron chi connectivity index (χ2n) is 5.46. The first kappa shape index (κ1) is 15.9. The first-order valence-electron chi connectivity index (χ1n) is 7.76. The van der Waals surface area contributed by atoms with Crippen molar-refractivity contribution in [3.8, 4) is 0 Å². The van der Waals surface area contributed by atoms with Crippen LogP contribution in [0.5, 0.6) is 0 Å². The standard InChI is InChI=1S/C17H18N4O3/c1-24-17(23)12-6-2-3-7-13(12)18-16(22)14-8-9-15(20-19-14)21-10-4-5-11-21/h2-3,6-9H,4-5,10-11H2,1H3,(H,18,22). The number of amides is 1. The van der Waals surface area contributed by atoms with Gasteiger partial charge in [-0.2, -0.15) is 0 Å². The summed E-state index contributed by atoms with van der Waals surface area (Å²) < 4.78 is 4.71. The van der Waals surface area contributed by atoms with Gasteiger partial charge < -0.3 is 15.0 Å². The Kier molecular flexibility index (Phi) is 4.69. The largest absolute Gasteiger partial charge is 0.465 e. The summed E-state index contributed by atoms with van der Waals surface area (Å²) in [5, 5.41) is 10.8. The lowest BCUT2D eigenvalue weighted by Crippen LogP contribution is -2.21. The number of nitrogens with one attached hydrogen (secondary N) is 1. The van der Waals surface area contributed by atoms with Crippen molar-refractivity contribution in [2.24, 2.45) is 0 Å². The van der Waals surface area contributed by atoms with Crippen LogP contribution in [0.1, 0.15) is 33.7 Å². The lowest BCUT2D eigenvalue weighted by Gasteiger charge is -2.15. The average molecular weight is 326 g/mol. The summed E-state index contributed by atoms with van der Waals surface area (Å²) in [4.78, 5) is 26.2. The Bertz CT molecular complexity index is 740. The van der Waals surface area contributed by atoms with E-state index >= 15 is 0 Å². The maximum atomic E-state index is 12.3. The molecule has 24 heavy (non-hydrogen) atoms. The smallest absolute Gasteiger partial charge is 0.339 e. The number of anilines is 2. The van der Waals surface area contributed by atoms with E-state index < -0.39 is 11.9 Å². The SMILES string of the molecule is COC(=O)c1ccccc1NC(=O)c1ccc(N2CCCC2)nn1. The topological polar surface area (TPSA) is 84.4 Å². The summed E-state index contributed by atoms with van der Waals surface area (Å²) in [6.07, 6.45) is 2.29. The minimum atomic E-state index is -0.513. The van der Waals surface area contributed by atoms with Crippen LogP contribution >= 0.6 is 0 Å². The van der Waals surface area contributed by atoms with Crippen molar-refractivity contribution in [2.75, 3.05) is 30.4 Å². The molecule has 2 heterocycles. The molecule has 1 saturated heterocycles. The molecule has 124 valence electrons. The van der Waals surface area contributed by atoms with Crippen molar-refractivity contribution in [1.29, 1.82) is 0 Å². The minimum absolute atomic E-state index is 0.192. The highest BCUT2D eigenvalue weighted by Crippen LogP contribution is 2.19. The maximum absolute atomic E-state index is 12.3. The molecule has 2 aromatic rings. The molecule has 1 aromatic carbocycles. The van der Waals surface area contributed by atoms with E-state index in [2.05, 4.69) is 20.4 Å². The van der Waals surface area contributed by atoms with E-state index in [1.54, 1.807) is 36.4 Å². The molecule has 0 unspecified atom stereocenters. The highest BCUT2D eigenvalue weighted by molar-refractivity contribution is 6.07. The summed E-state index contributed by atoms with van der Waals surface area (Å²) in [6.45, 7) is 1.93. The van der Waals surface area contributed by atoms with E-state index in [1.807, 2.05) is 0 Å². The van der Waals surface area contributed by atoms with Gasteiger partial charge in [0, 0.05) is 13.1 Å². The summed E-state index contributed by atoms with van der Waals surface area (Å²) in [5.74, 6) is -0.160. The third kappa shape index (κ3) is 3.34. The maximum Gasteiger partial charge on any atom is 0.339 e. The Morgan fingerprint density at radius 2 is 1.83 bits per heavy atom. The van der Waals surface area contributed by atoms with Gasteiger partial charge in [-0.3, -0.25) is 4.79 Å². The van der Waals surface area contributed by atoms with Crippen LogP contribution in [0.4, 0.5) is 11.5 Å². The molecule has 0 atom stereocenters. The summed E-state index contributed by atoms with van der Waals surface area (Å²) in [5.41, 5.74) is 0.854. The molecule has 7 nitrogen and oxygen atoms in total.